The maximum absolute atomic E-state index is 13.0. The number of anilines is 2. The second-order valence-electron chi connectivity index (χ2n) is 4.74. The minimum absolute atomic E-state index is 0.0942. The first-order valence-electron chi connectivity index (χ1n) is 6.12. The van der Waals surface area contributed by atoms with E-state index in [0.717, 1.165) is 6.07 Å². The molecule has 3 N–H and O–H groups in total. The molecule has 0 saturated carbocycles. The van der Waals surface area contributed by atoms with Gasteiger partial charge < -0.3 is 15.6 Å². The molecule has 1 aromatic carbocycles. The number of halogens is 2. The number of benzene rings is 1. The number of amides is 1. The summed E-state index contributed by atoms with van der Waals surface area (Å²) in [5, 5.41) is 2.80. The van der Waals surface area contributed by atoms with E-state index in [1.165, 1.54) is 12.1 Å². The molecule has 106 valence electrons. The minimum Gasteiger partial charge on any atom is -0.397 e. The van der Waals surface area contributed by atoms with Crippen molar-refractivity contribution < 1.29 is 9.18 Å². The predicted molar refractivity (Wildman–Crippen MR) is 78.6 cm³/mol. The summed E-state index contributed by atoms with van der Waals surface area (Å²) in [4.78, 5) is 12.2. The fourth-order valence-corrected chi connectivity index (χ4v) is 2.10. The molecule has 0 fully saturated rings. The lowest BCUT2D eigenvalue weighted by atomic mass is 10.3. The van der Waals surface area contributed by atoms with Gasteiger partial charge in [-0.3, -0.25) is 4.79 Å². The van der Waals surface area contributed by atoms with Crippen molar-refractivity contribution in [3.8, 4) is 0 Å². The molecule has 0 saturated heterocycles. The van der Waals surface area contributed by atoms with Crippen molar-refractivity contribution in [3.63, 3.8) is 0 Å². The molecule has 1 aromatic heterocycles. The highest BCUT2D eigenvalue weighted by Gasteiger charge is 2.16. The number of carbonyl (C=O) groups excluding carboxylic acids is 1. The summed E-state index contributed by atoms with van der Waals surface area (Å²) in [6.45, 7) is 3.89. The van der Waals surface area contributed by atoms with Crippen molar-refractivity contribution >= 4 is 28.9 Å². The molecule has 0 aliphatic carbocycles. The van der Waals surface area contributed by atoms with Crippen LogP contribution >= 0.6 is 11.6 Å². The maximum Gasteiger partial charge on any atom is 0.272 e. The molecule has 0 aliphatic heterocycles. The topological polar surface area (TPSA) is 60.0 Å². The van der Waals surface area contributed by atoms with Crippen LogP contribution in [0.3, 0.4) is 0 Å². The van der Waals surface area contributed by atoms with E-state index < -0.39 is 5.82 Å². The molecular weight excluding hydrogens is 281 g/mol. The lowest BCUT2D eigenvalue weighted by molar-refractivity contribution is 0.101. The molecular formula is C14H15ClFN3O. The fraction of sp³-hybridized carbons (Fsp3) is 0.214. The van der Waals surface area contributed by atoms with Crippen molar-refractivity contribution in [3.05, 3.63) is 47.0 Å². The second-order valence-corrected chi connectivity index (χ2v) is 5.15. The average Bonchev–Trinajstić information content (AvgIpc) is 2.75. The standard InChI is InChI=1S/C14H15ClFN3O/c1-8(2)19-7-10(17)6-13(19)14(20)18-12-4-3-9(16)5-11(12)15/h3-8H,17H2,1-2H3,(H,18,20). The van der Waals surface area contributed by atoms with Gasteiger partial charge in [-0.1, -0.05) is 11.6 Å². The van der Waals surface area contributed by atoms with Gasteiger partial charge in [0.05, 0.1) is 16.4 Å². The minimum atomic E-state index is -0.456. The first kappa shape index (κ1) is 14.4. The highest BCUT2D eigenvalue weighted by molar-refractivity contribution is 6.33. The number of nitrogen functional groups attached to an aromatic ring is 1. The fourth-order valence-electron chi connectivity index (χ4n) is 1.89. The van der Waals surface area contributed by atoms with Gasteiger partial charge >= 0.3 is 0 Å². The molecule has 0 aliphatic rings. The molecule has 6 heteroatoms. The summed E-state index contributed by atoms with van der Waals surface area (Å²) in [5.41, 5.74) is 7.01. The molecule has 20 heavy (non-hydrogen) atoms. The van der Waals surface area contributed by atoms with Crippen molar-refractivity contribution in [2.45, 2.75) is 19.9 Å². The maximum atomic E-state index is 13.0. The van der Waals surface area contributed by atoms with E-state index in [4.69, 9.17) is 17.3 Å². The summed E-state index contributed by atoms with van der Waals surface area (Å²) in [5.74, 6) is -0.799. The van der Waals surface area contributed by atoms with Crippen LogP contribution in [0.1, 0.15) is 30.4 Å². The molecule has 0 bridgehead atoms. The number of nitrogens with two attached hydrogens (primary N) is 1. The third-order valence-electron chi connectivity index (χ3n) is 2.84. The average molecular weight is 296 g/mol. The summed E-state index contributed by atoms with van der Waals surface area (Å²) in [6.07, 6.45) is 1.70. The summed E-state index contributed by atoms with van der Waals surface area (Å²) in [6, 6.07) is 5.48. The van der Waals surface area contributed by atoms with Crippen molar-refractivity contribution in [2.24, 2.45) is 0 Å². The summed E-state index contributed by atoms with van der Waals surface area (Å²) in [7, 11) is 0. The zero-order chi connectivity index (χ0) is 14.9. The number of hydrogen-bond donors (Lipinski definition) is 2. The summed E-state index contributed by atoms with van der Waals surface area (Å²) < 4.78 is 14.7. The van der Waals surface area contributed by atoms with Crippen LogP contribution in [0, 0.1) is 5.82 Å². The van der Waals surface area contributed by atoms with Crippen LogP contribution in [0.4, 0.5) is 15.8 Å². The van der Waals surface area contributed by atoms with Gasteiger partial charge in [0.2, 0.25) is 0 Å². The molecule has 2 aromatic rings. The van der Waals surface area contributed by atoms with Crippen LogP contribution in [0.25, 0.3) is 0 Å². The van der Waals surface area contributed by atoms with Crippen molar-refractivity contribution in [1.29, 1.82) is 0 Å². The Hall–Kier alpha value is -2.01. The number of nitrogens with one attached hydrogen (secondary N) is 1. The van der Waals surface area contributed by atoms with Gasteiger partial charge in [0.1, 0.15) is 11.5 Å². The van der Waals surface area contributed by atoms with Gasteiger partial charge in [0.15, 0.2) is 0 Å². The zero-order valence-electron chi connectivity index (χ0n) is 11.2. The molecule has 0 spiro atoms. The number of aromatic nitrogens is 1. The molecule has 1 heterocycles. The van der Waals surface area contributed by atoms with Crippen LogP contribution in [-0.2, 0) is 0 Å². The predicted octanol–water partition coefficient (Wildman–Crippen LogP) is 3.70. The molecule has 0 atom stereocenters. The highest BCUT2D eigenvalue weighted by Crippen LogP contribution is 2.24. The van der Waals surface area contributed by atoms with E-state index in [1.807, 2.05) is 13.8 Å². The number of carbonyl (C=O) groups is 1. The third-order valence-corrected chi connectivity index (χ3v) is 3.15. The van der Waals surface area contributed by atoms with Crippen LogP contribution in [0.15, 0.2) is 30.5 Å². The van der Waals surface area contributed by atoms with Crippen LogP contribution < -0.4 is 11.1 Å². The lowest BCUT2D eigenvalue weighted by Crippen LogP contribution is -2.18. The third kappa shape index (κ3) is 2.93. The van der Waals surface area contributed by atoms with Gasteiger partial charge in [-0.05, 0) is 38.1 Å². The zero-order valence-corrected chi connectivity index (χ0v) is 11.9. The van der Waals surface area contributed by atoms with Gasteiger partial charge in [0.25, 0.3) is 5.91 Å². The Balaban J connectivity index is 2.28. The first-order valence-corrected chi connectivity index (χ1v) is 6.50. The Kier molecular flexibility index (Phi) is 3.99. The number of nitrogens with zero attached hydrogens (tertiary/aromatic N) is 1. The smallest absolute Gasteiger partial charge is 0.272 e. The molecule has 4 nitrogen and oxygen atoms in total. The van der Waals surface area contributed by atoms with Gasteiger partial charge in [0, 0.05) is 12.2 Å². The van der Waals surface area contributed by atoms with E-state index in [0.29, 0.717) is 17.1 Å². The largest absolute Gasteiger partial charge is 0.397 e. The van der Waals surface area contributed by atoms with E-state index in [1.54, 1.807) is 16.8 Å². The van der Waals surface area contributed by atoms with Crippen molar-refractivity contribution in [2.75, 3.05) is 11.1 Å². The Morgan fingerprint density at radius 2 is 2.10 bits per heavy atom. The Bertz CT molecular complexity index is 652. The Morgan fingerprint density at radius 1 is 1.40 bits per heavy atom. The number of rotatable bonds is 3. The second kappa shape index (κ2) is 5.54. The van der Waals surface area contributed by atoms with Gasteiger partial charge in [-0.25, -0.2) is 4.39 Å². The lowest BCUT2D eigenvalue weighted by Gasteiger charge is -2.13. The van der Waals surface area contributed by atoms with E-state index in [9.17, 15) is 9.18 Å². The van der Waals surface area contributed by atoms with Crippen LogP contribution in [0.2, 0.25) is 5.02 Å². The first-order chi connectivity index (χ1) is 9.38. The highest BCUT2D eigenvalue weighted by atomic mass is 35.5. The van der Waals surface area contributed by atoms with E-state index in [-0.39, 0.29) is 17.0 Å². The van der Waals surface area contributed by atoms with Gasteiger partial charge in [-0.15, -0.1) is 0 Å². The molecule has 0 radical (unpaired) electrons. The van der Waals surface area contributed by atoms with E-state index in [2.05, 4.69) is 5.32 Å². The monoisotopic (exact) mass is 295 g/mol. The molecule has 0 unspecified atom stereocenters. The molecule has 2 rings (SSSR count). The van der Waals surface area contributed by atoms with Crippen LogP contribution in [-0.4, -0.2) is 10.5 Å². The SMILES string of the molecule is CC(C)n1cc(N)cc1C(=O)Nc1ccc(F)cc1Cl. The quantitative estimate of drug-likeness (QED) is 0.907. The van der Waals surface area contributed by atoms with Gasteiger partial charge in [-0.2, -0.15) is 0 Å². The van der Waals surface area contributed by atoms with Crippen LogP contribution in [0.5, 0.6) is 0 Å². The Labute approximate surface area is 121 Å². The van der Waals surface area contributed by atoms with Crippen molar-refractivity contribution in [1.82, 2.24) is 4.57 Å². The van der Waals surface area contributed by atoms with E-state index >= 15 is 0 Å². The summed E-state index contributed by atoms with van der Waals surface area (Å²) >= 11 is 5.88. The Morgan fingerprint density at radius 3 is 2.70 bits per heavy atom. The normalized spacial score (nSPS) is 10.8. The number of hydrogen-bond acceptors (Lipinski definition) is 2. The molecule has 1 amide bonds.